The number of hydrogen-bond acceptors (Lipinski definition) is 7. The number of aliphatic hydroxyl groups is 1. The topological polar surface area (TPSA) is 109 Å². The van der Waals surface area contributed by atoms with Crippen LogP contribution in [0.4, 0.5) is 5.82 Å². The Hall–Kier alpha value is -1.07. The molecule has 3 heterocycles. The molecule has 0 amide bonds. The molecule has 9 nitrogen and oxygen atoms in total. The Balaban J connectivity index is 1.94. The van der Waals surface area contributed by atoms with Crippen molar-refractivity contribution in [3.05, 3.63) is 21.0 Å². The fraction of sp³-hybridized carbons (Fsp3) is 0.727. The summed E-state index contributed by atoms with van der Waals surface area (Å²) >= 11 is 3.15. The molecule has 0 bridgehead atoms. The van der Waals surface area contributed by atoms with Gasteiger partial charge in [-0.05, 0) is 39.7 Å². The molecule has 0 saturated carbocycles. The first kappa shape index (κ1) is 14.9. The first-order valence-corrected chi connectivity index (χ1v) is 7.12. The third-order valence-corrected chi connectivity index (χ3v) is 4.23. The van der Waals surface area contributed by atoms with Crippen molar-refractivity contribution < 1.29 is 24.2 Å². The van der Waals surface area contributed by atoms with Gasteiger partial charge in [-0.15, -0.1) is 0 Å². The van der Waals surface area contributed by atoms with Crippen LogP contribution in [0.25, 0.3) is 0 Å². The molecule has 4 atom stereocenters. The summed E-state index contributed by atoms with van der Waals surface area (Å²) in [6.07, 6.45) is -0.844. The Morgan fingerprint density at radius 2 is 2.19 bits per heavy atom. The van der Waals surface area contributed by atoms with Crippen LogP contribution in [-0.4, -0.2) is 50.3 Å². The number of hydrogen-bond donors (Lipinski definition) is 1. The average molecular weight is 364 g/mol. The third-order valence-electron chi connectivity index (χ3n) is 3.47. The van der Waals surface area contributed by atoms with Crippen LogP contribution in [0, 0.1) is 10.1 Å². The number of aromatic nitrogens is 2. The van der Waals surface area contributed by atoms with E-state index in [4.69, 9.17) is 14.2 Å². The summed E-state index contributed by atoms with van der Waals surface area (Å²) < 4.78 is 18.9. The van der Waals surface area contributed by atoms with Crippen LogP contribution in [0.5, 0.6) is 0 Å². The highest BCUT2D eigenvalue weighted by Gasteiger charge is 2.56. The zero-order chi connectivity index (χ0) is 15.4. The van der Waals surface area contributed by atoms with Crippen LogP contribution in [0.3, 0.4) is 0 Å². The Morgan fingerprint density at radius 1 is 1.52 bits per heavy atom. The van der Waals surface area contributed by atoms with Crippen LogP contribution in [-0.2, 0) is 14.2 Å². The maximum Gasteiger partial charge on any atom is 0.396 e. The van der Waals surface area contributed by atoms with E-state index in [2.05, 4.69) is 20.9 Å². The van der Waals surface area contributed by atoms with Crippen molar-refractivity contribution in [1.29, 1.82) is 0 Å². The lowest BCUT2D eigenvalue weighted by Crippen LogP contribution is -2.31. The molecule has 2 saturated heterocycles. The first-order chi connectivity index (χ1) is 9.84. The predicted molar refractivity (Wildman–Crippen MR) is 71.4 cm³/mol. The van der Waals surface area contributed by atoms with Gasteiger partial charge in [-0.25, -0.2) is 0 Å². The van der Waals surface area contributed by atoms with Gasteiger partial charge in [-0.2, -0.15) is 0 Å². The van der Waals surface area contributed by atoms with Crippen molar-refractivity contribution in [2.45, 2.75) is 44.2 Å². The maximum atomic E-state index is 10.9. The maximum absolute atomic E-state index is 10.9. The molecule has 1 aromatic heterocycles. The quantitative estimate of drug-likeness (QED) is 0.629. The smallest absolute Gasteiger partial charge is 0.394 e. The molecule has 2 fully saturated rings. The minimum absolute atomic E-state index is 0.183. The minimum Gasteiger partial charge on any atom is -0.394 e. The van der Waals surface area contributed by atoms with E-state index in [1.54, 1.807) is 13.8 Å². The highest BCUT2D eigenvalue weighted by Crippen LogP contribution is 2.44. The molecule has 10 heteroatoms. The highest BCUT2D eigenvalue weighted by atomic mass is 79.9. The molecular weight excluding hydrogens is 350 g/mol. The van der Waals surface area contributed by atoms with Gasteiger partial charge in [-0.1, -0.05) is 0 Å². The summed E-state index contributed by atoms with van der Waals surface area (Å²) in [6, 6.07) is 0. The lowest BCUT2D eigenvalue weighted by atomic mass is 10.1. The number of rotatable bonds is 3. The molecule has 116 valence electrons. The van der Waals surface area contributed by atoms with Crippen molar-refractivity contribution in [3.8, 4) is 0 Å². The first-order valence-electron chi connectivity index (χ1n) is 6.33. The number of aliphatic hydroxyl groups excluding tert-OH is 1. The van der Waals surface area contributed by atoms with Crippen LogP contribution < -0.4 is 0 Å². The second-order valence-corrected chi connectivity index (χ2v) is 6.09. The van der Waals surface area contributed by atoms with Crippen molar-refractivity contribution in [2.24, 2.45) is 0 Å². The largest absolute Gasteiger partial charge is 0.396 e. The summed E-state index contributed by atoms with van der Waals surface area (Å²) in [6.45, 7) is 3.30. The van der Waals surface area contributed by atoms with E-state index in [0.717, 1.165) is 0 Å². The summed E-state index contributed by atoms with van der Waals surface area (Å²) in [7, 11) is 0. The predicted octanol–water partition coefficient (Wildman–Crippen LogP) is 0.964. The third kappa shape index (κ3) is 2.36. The van der Waals surface area contributed by atoms with Crippen molar-refractivity contribution in [1.82, 2.24) is 9.55 Å². The van der Waals surface area contributed by atoms with Crippen molar-refractivity contribution in [3.63, 3.8) is 0 Å². The number of halogens is 1. The van der Waals surface area contributed by atoms with E-state index in [-0.39, 0.29) is 17.0 Å². The Kier molecular flexibility index (Phi) is 3.53. The van der Waals surface area contributed by atoms with Gasteiger partial charge >= 0.3 is 5.82 Å². The van der Waals surface area contributed by atoms with Gasteiger partial charge in [0, 0.05) is 0 Å². The Labute approximate surface area is 128 Å². The molecule has 0 aliphatic carbocycles. The average Bonchev–Trinajstić information content (AvgIpc) is 3.00. The second kappa shape index (κ2) is 4.99. The van der Waals surface area contributed by atoms with E-state index >= 15 is 0 Å². The minimum atomic E-state index is -0.802. The van der Waals surface area contributed by atoms with Crippen LogP contribution >= 0.6 is 15.9 Å². The number of imidazole rings is 1. The second-order valence-electron chi connectivity index (χ2n) is 5.34. The van der Waals surface area contributed by atoms with E-state index in [0.29, 0.717) is 0 Å². The number of ether oxygens (including phenoxy) is 3. The summed E-state index contributed by atoms with van der Waals surface area (Å²) in [5.41, 5.74) is 0. The molecule has 0 unspecified atom stereocenters. The number of nitrogens with zero attached hydrogens (tertiary/aromatic N) is 3. The monoisotopic (exact) mass is 363 g/mol. The number of nitro groups is 1. The van der Waals surface area contributed by atoms with Crippen LogP contribution in [0.1, 0.15) is 20.1 Å². The lowest BCUT2D eigenvalue weighted by molar-refractivity contribution is -0.390. The molecule has 0 radical (unpaired) electrons. The van der Waals surface area contributed by atoms with E-state index in [1.165, 1.54) is 10.9 Å². The number of fused-ring (bicyclic) bond motifs is 1. The van der Waals surface area contributed by atoms with E-state index in [1.807, 2.05) is 0 Å². The van der Waals surface area contributed by atoms with Gasteiger partial charge < -0.3 is 29.4 Å². The zero-order valence-corrected chi connectivity index (χ0v) is 12.9. The van der Waals surface area contributed by atoms with Gasteiger partial charge in [-0.3, -0.25) is 4.57 Å². The molecule has 2 aliphatic heterocycles. The van der Waals surface area contributed by atoms with E-state index < -0.39 is 35.3 Å². The molecule has 3 rings (SSSR count). The molecule has 1 aromatic rings. The lowest BCUT2D eigenvalue weighted by Gasteiger charge is -2.23. The standard InChI is InChI=1S/C11H14BrN3O6/c1-11(2)20-6-5(3-16)19-10(7(6)21-11)14-4-13-9(8(14)12)15(17)18/h4-7,10,16H,3H2,1-2H3/t5-,6-,7-,10-/m1/s1. The van der Waals surface area contributed by atoms with Gasteiger partial charge in [0.25, 0.3) is 0 Å². The summed E-state index contributed by atoms with van der Waals surface area (Å²) in [4.78, 5) is 14.0. The van der Waals surface area contributed by atoms with Crippen LogP contribution in [0.2, 0.25) is 0 Å². The summed E-state index contributed by atoms with van der Waals surface area (Å²) in [5, 5.41) is 20.3. The van der Waals surface area contributed by atoms with Crippen molar-refractivity contribution in [2.75, 3.05) is 6.61 Å². The van der Waals surface area contributed by atoms with Gasteiger partial charge in [0.05, 0.1) is 6.61 Å². The summed E-state index contributed by atoms with van der Waals surface area (Å²) in [5.74, 6) is -1.11. The SMILES string of the molecule is CC1(C)O[C@@H]2[C@H](O1)[C@@H](CO)O[C@H]2n1cnc([N+](=O)[O-])c1Br. The Bertz CT molecular complexity index is 576. The molecular formula is C11H14BrN3O6. The zero-order valence-electron chi connectivity index (χ0n) is 11.3. The molecule has 1 N–H and O–H groups in total. The van der Waals surface area contributed by atoms with Gasteiger partial charge in [0.2, 0.25) is 6.33 Å². The van der Waals surface area contributed by atoms with Gasteiger partial charge in [0.1, 0.15) is 18.3 Å². The Morgan fingerprint density at radius 3 is 2.76 bits per heavy atom. The molecule has 2 aliphatic rings. The normalized spacial score (nSPS) is 34.1. The highest BCUT2D eigenvalue weighted by molar-refractivity contribution is 9.10. The van der Waals surface area contributed by atoms with Crippen molar-refractivity contribution >= 4 is 21.7 Å². The van der Waals surface area contributed by atoms with E-state index in [9.17, 15) is 15.2 Å². The fourth-order valence-electron chi connectivity index (χ4n) is 2.67. The molecule has 0 spiro atoms. The van der Waals surface area contributed by atoms with Gasteiger partial charge in [0.15, 0.2) is 16.6 Å². The van der Waals surface area contributed by atoms with Crippen LogP contribution in [0.15, 0.2) is 10.9 Å². The molecule has 21 heavy (non-hydrogen) atoms. The fourth-order valence-corrected chi connectivity index (χ4v) is 3.21. The molecule has 0 aromatic carbocycles.